The van der Waals surface area contributed by atoms with Gasteiger partial charge in [-0.25, -0.2) is 0 Å². The smallest absolute Gasteiger partial charge is 0.246 e. The molecule has 0 aromatic heterocycles. The molecule has 7 nitrogen and oxygen atoms in total. The van der Waals surface area contributed by atoms with E-state index in [2.05, 4.69) is 5.32 Å². The van der Waals surface area contributed by atoms with Gasteiger partial charge in [0.2, 0.25) is 17.7 Å². The third-order valence-electron chi connectivity index (χ3n) is 6.59. The summed E-state index contributed by atoms with van der Waals surface area (Å²) >= 11 is 1.59. The van der Waals surface area contributed by atoms with Crippen molar-refractivity contribution in [1.82, 2.24) is 15.1 Å². The van der Waals surface area contributed by atoms with Gasteiger partial charge in [0.1, 0.15) is 12.1 Å². The average molecular weight is 475 g/mol. The molecule has 0 unspecified atom stereocenters. The second-order valence-electron chi connectivity index (χ2n) is 9.59. The predicted molar refractivity (Wildman–Crippen MR) is 132 cm³/mol. The maximum absolute atomic E-state index is 13.9. The molecule has 2 aliphatic rings. The molecule has 182 valence electrons. The van der Waals surface area contributed by atoms with Crippen LogP contribution in [0, 0.1) is 5.92 Å². The van der Waals surface area contributed by atoms with Crippen LogP contribution < -0.4 is 11.1 Å². The van der Waals surface area contributed by atoms with Crippen LogP contribution in [0.2, 0.25) is 0 Å². The number of rotatable bonds is 8. The van der Waals surface area contributed by atoms with Crippen molar-refractivity contribution in [1.29, 1.82) is 0 Å². The van der Waals surface area contributed by atoms with Crippen LogP contribution in [0.3, 0.4) is 0 Å². The number of thioether (sulfide) groups is 1. The normalized spacial score (nSPS) is 21.0. The van der Waals surface area contributed by atoms with Crippen LogP contribution in [0.15, 0.2) is 30.3 Å². The van der Waals surface area contributed by atoms with Crippen molar-refractivity contribution in [2.24, 2.45) is 11.7 Å². The van der Waals surface area contributed by atoms with E-state index in [4.69, 9.17) is 5.73 Å². The summed E-state index contributed by atoms with van der Waals surface area (Å²) in [4.78, 5) is 43.3. The van der Waals surface area contributed by atoms with Gasteiger partial charge in [0.15, 0.2) is 0 Å². The largest absolute Gasteiger partial charge is 0.343 e. The number of carbonyl (C=O) groups excluding carboxylic acids is 3. The van der Waals surface area contributed by atoms with Gasteiger partial charge in [-0.05, 0) is 31.2 Å². The van der Waals surface area contributed by atoms with Crippen molar-refractivity contribution in [2.75, 3.05) is 11.6 Å². The maximum Gasteiger partial charge on any atom is 0.246 e. The fraction of sp³-hybridized carbons (Fsp3) is 0.640. The summed E-state index contributed by atoms with van der Waals surface area (Å²) in [6, 6.07) is 8.36. The molecular formula is C25H38N4O3S. The monoisotopic (exact) mass is 474 g/mol. The zero-order valence-corrected chi connectivity index (χ0v) is 20.9. The van der Waals surface area contributed by atoms with Crippen molar-refractivity contribution in [3.63, 3.8) is 0 Å². The van der Waals surface area contributed by atoms with E-state index < -0.39 is 18.1 Å². The second kappa shape index (κ2) is 11.9. The maximum atomic E-state index is 13.9. The molecule has 1 aromatic carbocycles. The number of nitrogens with one attached hydrogen (secondary N) is 1. The Morgan fingerprint density at radius 3 is 2.39 bits per heavy atom. The lowest BCUT2D eigenvalue weighted by Crippen LogP contribution is -2.58. The first-order chi connectivity index (χ1) is 15.8. The van der Waals surface area contributed by atoms with Gasteiger partial charge < -0.3 is 20.9 Å². The van der Waals surface area contributed by atoms with Gasteiger partial charge in [-0.3, -0.25) is 14.4 Å². The zero-order valence-electron chi connectivity index (χ0n) is 20.0. The van der Waals surface area contributed by atoms with E-state index in [1.165, 1.54) is 6.42 Å². The van der Waals surface area contributed by atoms with Crippen molar-refractivity contribution in [3.8, 4) is 0 Å². The van der Waals surface area contributed by atoms with E-state index in [0.29, 0.717) is 18.2 Å². The summed E-state index contributed by atoms with van der Waals surface area (Å²) in [6.45, 7) is 5.95. The Balaban J connectivity index is 1.80. The van der Waals surface area contributed by atoms with Gasteiger partial charge in [-0.15, -0.1) is 11.8 Å². The molecule has 1 aliphatic carbocycles. The van der Waals surface area contributed by atoms with Gasteiger partial charge in [0.05, 0.1) is 11.9 Å². The van der Waals surface area contributed by atoms with E-state index >= 15 is 0 Å². The van der Waals surface area contributed by atoms with Gasteiger partial charge in [0, 0.05) is 18.3 Å². The van der Waals surface area contributed by atoms with E-state index in [9.17, 15) is 14.4 Å². The lowest BCUT2D eigenvalue weighted by Gasteiger charge is -2.38. The minimum Gasteiger partial charge on any atom is -0.343 e. The van der Waals surface area contributed by atoms with Crippen molar-refractivity contribution in [2.45, 2.75) is 83.6 Å². The summed E-state index contributed by atoms with van der Waals surface area (Å²) < 4.78 is 0. The highest BCUT2D eigenvalue weighted by Crippen LogP contribution is 2.29. The standard InChI is InChI=1S/C25H38N4O3S/c1-17(2)22(27-23(30)18(3)26)25(32)29-16-33-15-21(29)24(31)28(20-12-8-5-9-13-20)14-19-10-6-4-7-11-19/h4,6-7,10-11,17-18,20-22H,5,8-9,12-16,26H2,1-3H3,(H,27,30)/t18-,21-,22-/m0/s1. The van der Waals surface area contributed by atoms with Gasteiger partial charge in [-0.1, -0.05) is 63.4 Å². The molecule has 1 heterocycles. The van der Waals surface area contributed by atoms with Crippen LogP contribution in [0.1, 0.15) is 58.4 Å². The molecule has 1 saturated heterocycles. The molecule has 0 bridgehead atoms. The van der Waals surface area contributed by atoms with E-state index in [0.717, 1.165) is 31.2 Å². The molecule has 8 heteroatoms. The molecule has 3 rings (SSSR count). The summed E-state index contributed by atoms with van der Waals surface area (Å²) in [5.74, 6) is 0.381. The Hall–Kier alpha value is -2.06. The first kappa shape index (κ1) is 25.6. The average Bonchev–Trinajstić information content (AvgIpc) is 3.31. The molecule has 1 aliphatic heterocycles. The molecule has 1 aromatic rings. The fourth-order valence-electron chi connectivity index (χ4n) is 4.59. The molecule has 0 spiro atoms. The Labute approximate surface area is 201 Å². The van der Waals surface area contributed by atoms with Gasteiger partial charge in [0.25, 0.3) is 0 Å². The highest BCUT2D eigenvalue weighted by molar-refractivity contribution is 7.99. The molecule has 3 N–H and O–H groups in total. The van der Waals surface area contributed by atoms with Crippen molar-refractivity contribution < 1.29 is 14.4 Å². The number of nitrogens with two attached hydrogens (primary N) is 1. The topological polar surface area (TPSA) is 95.7 Å². The van der Waals surface area contributed by atoms with Crippen LogP contribution in [0.5, 0.6) is 0 Å². The first-order valence-corrected chi connectivity index (χ1v) is 13.2. The molecule has 33 heavy (non-hydrogen) atoms. The highest BCUT2D eigenvalue weighted by Gasteiger charge is 2.42. The molecule has 0 radical (unpaired) electrons. The highest BCUT2D eigenvalue weighted by atomic mass is 32.2. The number of amides is 3. The Kier molecular flexibility index (Phi) is 9.20. The summed E-state index contributed by atoms with van der Waals surface area (Å²) in [6.07, 6.45) is 5.48. The lowest BCUT2D eigenvalue weighted by molar-refractivity contribution is -0.148. The third kappa shape index (κ3) is 6.51. The summed E-state index contributed by atoms with van der Waals surface area (Å²) in [5.41, 5.74) is 6.81. The van der Waals surface area contributed by atoms with E-state index in [-0.39, 0.29) is 29.7 Å². The molecule has 3 atom stereocenters. The molecule has 3 amide bonds. The Morgan fingerprint density at radius 2 is 1.79 bits per heavy atom. The fourth-order valence-corrected chi connectivity index (χ4v) is 5.75. The van der Waals surface area contributed by atoms with E-state index in [1.807, 2.05) is 49.1 Å². The zero-order chi connectivity index (χ0) is 24.0. The van der Waals surface area contributed by atoms with Crippen LogP contribution in [0.4, 0.5) is 0 Å². The first-order valence-electron chi connectivity index (χ1n) is 12.1. The number of carbonyl (C=O) groups is 3. The Morgan fingerprint density at radius 1 is 1.12 bits per heavy atom. The lowest BCUT2D eigenvalue weighted by atomic mass is 9.93. The number of benzene rings is 1. The molecule has 2 fully saturated rings. The summed E-state index contributed by atoms with van der Waals surface area (Å²) in [5, 5.41) is 2.80. The minimum atomic E-state index is -0.699. The van der Waals surface area contributed by atoms with Crippen molar-refractivity contribution in [3.05, 3.63) is 35.9 Å². The third-order valence-corrected chi connectivity index (χ3v) is 7.60. The van der Waals surface area contributed by atoms with Crippen LogP contribution >= 0.6 is 11.8 Å². The Bertz CT molecular complexity index is 811. The van der Waals surface area contributed by atoms with Crippen LogP contribution in [0.25, 0.3) is 0 Å². The molecule has 1 saturated carbocycles. The van der Waals surface area contributed by atoms with Gasteiger partial charge in [-0.2, -0.15) is 0 Å². The van der Waals surface area contributed by atoms with Crippen LogP contribution in [-0.2, 0) is 20.9 Å². The van der Waals surface area contributed by atoms with Crippen molar-refractivity contribution >= 4 is 29.5 Å². The number of nitrogens with zero attached hydrogens (tertiary/aromatic N) is 2. The number of hydrogen-bond donors (Lipinski definition) is 2. The van der Waals surface area contributed by atoms with Crippen LogP contribution in [-0.4, -0.2) is 63.3 Å². The quantitative estimate of drug-likeness (QED) is 0.604. The minimum absolute atomic E-state index is 0.0186. The second-order valence-corrected chi connectivity index (χ2v) is 10.6. The van der Waals surface area contributed by atoms with E-state index in [1.54, 1.807) is 23.6 Å². The SMILES string of the molecule is CC(C)[C@H](NC(=O)[C@H](C)N)C(=O)N1CSC[C@H]1C(=O)N(Cc1ccccc1)C1CCCCC1. The number of hydrogen-bond acceptors (Lipinski definition) is 5. The summed E-state index contributed by atoms with van der Waals surface area (Å²) in [7, 11) is 0. The predicted octanol–water partition coefficient (Wildman–Crippen LogP) is 2.74. The van der Waals surface area contributed by atoms with Gasteiger partial charge >= 0.3 is 0 Å². The molecular weight excluding hydrogens is 436 g/mol.